The van der Waals surface area contributed by atoms with E-state index < -0.39 is 60.0 Å². The lowest BCUT2D eigenvalue weighted by Gasteiger charge is -2.45. The molecule has 34 heavy (non-hydrogen) atoms. The van der Waals surface area contributed by atoms with E-state index in [1.54, 1.807) is 0 Å². The van der Waals surface area contributed by atoms with Crippen LogP contribution in [-0.4, -0.2) is 85.3 Å². The Morgan fingerprint density at radius 3 is 2.38 bits per heavy atom. The van der Waals surface area contributed by atoms with Crippen LogP contribution < -0.4 is 0 Å². The molecule has 1 saturated heterocycles. The minimum Gasteiger partial charge on any atom is -0.394 e. The van der Waals surface area contributed by atoms with Gasteiger partial charge in [0.25, 0.3) is 0 Å². The van der Waals surface area contributed by atoms with Crippen molar-refractivity contribution in [2.45, 2.75) is 114 Å². The van der Waals surface area contributed by atoms with Crippen molar-refractivity contribution in [3.63, 3.8) is 0 Å². The van der Waals surface area contributed by atoms with Crippen LogP contribution in [0.2, 0.25) is 0 Å². The van der Waals surface area contributed by atoms with E-state index in [2.05, 4.69) is 6.58 Å². The van der Waals surface area contributed by atoms with Crippen molar-refractivity contribution >= 4 is 0 Å². The van der Waals surface area contributed by atoms with Gasteiger partial charge in [0.15, 0.2) is 6.29 Å². The molecule has 2 bridgehead atoms. The van der Waals surface area contributed by atoms with E-state index in [1.165, 1.54) is 0 Å². The van der Waals surface area contributed by atoms with Gasteiger partial charge in [-0.05, 0) is 69.1 Å². The molecule has 5 fully saturated rings. The highest BCUT2D eigenvalue weighted by Gasteiger charge is 2.67. The van der Waals surface area contributed by atoms with Crippen LogP contribution in [0, 0.1) is 28.6 Å². The normalized spacial score (nSPS) is 56.6. The second kappa shape index (κ2) is 7.96. The maximum Gasteiger partial charge on any atom is 0.186 e. The standard InChI is InChI=1S/C26H42O8/c1-13-15-6-5-14-10-25(15,12-24(14,4)31)7-8-26(32)16(13)9-18(23(26,2)3)34-22-21(30)20(29)19(28)17(11-27)33-22/h14-22,27-32H,1,5-12H2,2-4H3/t14-,15+,16-,17-,18+,19-,20+,21-,22+,24-,25+,26-/m1/s1. The van der Waals surface area contributed by atoms with E-state index >= 15 is 0 Å². The van der Waals surface area contributed by atoms with E-state index in [0.717, 1.165) is 37.7 Å². The van der Waals surface area contributed by atoms with Crippen LogP contribution in [0.25, 0.3) is 0 Å². The summed E-state index contributed by atoms with van der Waals surface area (Å²) in [5.74, 6) is 0.363. The third kappa shape index (κ3) is 3.33. The van der Waals surface area contributed by atoms with Crippen LogP contribution in [0.3, 0.4) is 0 Å². The molecule has 4 saturated carbocycles. The zero-order chi connectivity index (χ0) is 24.8. The molecule has 5 rings (SSSR count). The maximum atomic E-state index is 12.2. The molecule has 0 aromatic heterocycles. The summed E-state index contributed by atoms with van der Waals surface area (Å²) < 4.78 is 11.8. The number of aliphatic hydroxyl groups excluding tert-OH is 4. The molecule has 1 heterocycles. The fourth-order valence-electron chi connectivity index (χ4n) is 8.57. The molecule has 194 valence electrons. The Balaban J connectivity index is 1.40. The molecule has 0 amide bonds. The average Bonchev–Trinajstić information content (AvgIpc) is 3.06. The van der Waals surface area contributed by atoms with Gasteiger partial charge in [0.2, 0.25) is 0 Å². The Hall–Kier alpha value is -0.580. The van der Waals surface area contributed by atoms with Crippen LogP contribution in [0.15, 0.2) is 12.2 Å². The van der Waals surface area contributed by atoms with E-state index in [0.29, 0.717) is 18.8 Å². The van der Waals surface area contributed by atoms with Crippen molar-refractivity contribution in [2.24, 2.45) is 28.6 Å². The first-order valence-corrected chi connectivity index (χ1v) is 12.9. The fraction of sp³-hybridized carbons (Fsp3) is 0.923. The predicted molar refractivity (Wildman–Crippen MR) is 122 cm³/mol. The van der Waals surface area contributed by atoms with Crippen molar-refractivity contribution in [2.75, 3.05) is 6.61 Å². The number of aliphatic hydroxyl groups is 6. The molecule has 0 aromatic rings. The molecule has 8 heteroatoms. The van der Waals surface area contributed by atoms with Gasteiger partial charge in [-0.1, -0.05) is 26.0 Å². The van der Waals surface area contributed by atoms with Crippen LogP contribution in [-0.2, 0) is 9.47 Å². The third-order valence-corrected chi connectivity index (χ3v) is 10.8. The molecule has 1 aliphatic heterocycles. The smallest absolute Gasteiger partial charge is 0.186 e. The summed E-state index contributed by atoms with van der Waals surface area (Å²) >= 11 is 0. The number of rotatable bonds is 3. The van der Waals surface area contributed by atoms with Crippen molar-refractivity contribution < 1.29 is 40.1 Å². The lowest BCUT2D eigenvalue weighted by atomic mass is 9.63. The molecular weight excluding hydrogens is 440 g/mol. The summed E-state index contributed by atoms with van der Waals surface area (Å²) in [6.45, 7) is 9.91. The van der Waals surface area contributed by atoms with Gasteiger partial charge in [0.1, 0.15) is 24.4 Å². The van der Waals surface area contributed by atoms with Gasteiger partial charge in [0, 0.05) is 11.3 Å². The minimum atomic E-state index is -1.51. The number of hydrogen-bond donors (Lipinski definition) is 6. The van der Waals surface area contributed by atoms with E-state index in [4.69, 9.17) is 9.47 Å². The first-order chi connectivity index (χ1) is 15.8. The Bertz CT molecular complexity index is 826. The van der Waals surface area contributed by atoms with Crippen LogP contribution in [0.1, 0.15) is 65.7 Å². The number of ether oxygens (including phenoxy) is 2. The first kappa shape index (κ1) is 25.1. The van der Waals surface area contributed by atoms with Gasteiger partial charge < -0.3 is 40.1 Å². The Morgan fingerprint density at radius 1 is 1.00 bits per heavy atom. The molecular formula is C26H42O8. The fourth-order valence-corrected chi connectivity index (χ4v) is 8.57. The highest BCUT2D eigenvalue weighted by Crippen LogP contribution is 2.69. The summed E-state index contributed by atoms with van der Waals surface area (Å²) in [5, 5.41) is 63.6. The molecule has 1 spiro atoms. The van der Waals surface area contributed by atoms with Crippen LogP contribution in [0.4, 0.5) is 0 Å². The second-order valence-corrected chi connectivity index (χ2v) is 12.8. The average molecular weight is 483 g/mol. The van der Waals surface area contributed by atoms with Crippen molar-refractivity contribution in [1.29, 1.82) is 0 Å². The van der Waals surface area contributed by atoms with E-state index in [9.17, 15) is 30.6 Å². The van der Waals surface area contributed by atoms with Crippen LogP contribution in [0.5, 0.6) is 0 Å². The van der Waals surface area contributed by atoms with Gasteiger partial charge in [-0.2, -0.15) is 0 Å². The van der Waals surface area contributed by atoms with E-state index in [-0.39, 0.29) is 17.3 Å². The monoisotopic (exact) mass is 482 g/mol. The van der Waals surface area contributed by atoms with Gasteiger partial charge in [-0.15, -0.1) is 0 Å². The largest absolute Gasteiger partial charge is 0.394 e. The van der Waals surface area contributed by atoms with Gasteiger partial charge in [-0.3, -0.25) is 0 Å². The van der Waals surface area contributed by atoms with Crippen LogP contribution >= 0.6 is 0 Å². The lowest BCUT2D eigenvalue weighted by Crippen LogP contribution is -2.60. The highest BCUT2D eigenvalue weighted by molar-refractivity contribution is 5.28. The van der Waals surface area contributed by atoms with Crippen molar-refractivity contribution in [3.8, 4) is 0 Å². The highest BCUT2D eigenvalue weighted by atomic mass is 16.7. The predicted octanol–water partition coefficient (Wildman–Crippen LogP) is 0.856. The lowest BCUT2D eigenvalue weighted by molar-refractivity contribution is -0.319. The van der Waals surface area contributed by atoms with Crippen molar-refractivity contribution in [3.05, 3.63) is 12.2 Å². The van der Waals surface area contributed by atoms with E-state index in [1.807, 2.05) is 20.8 Å². The molecule has 12 atom stereocenters. The first-order valence-electron chi connectivity index (χ1n) is 12.9. The number of fused-ring (bicyclic) bond motifs is 2. The Labute approximate surface area is 201 Å². The molecule has 0 aromatic carbocycles. The SMILES string of the molecule is C=C1[C@H]2C[C@H](O[C@@H]3O[C@H](CO)[C@@H](O)[C@H](O)[C@H]3O)C(C)(C)[C@@]2(O)CC[C@@]23C[C@@H](CC[C@@H]12)[C@](C)(O)C3. The summed E-state index contributed by atoms with van der Waals surface area (Å²) in [5.41, 5.74) is -1.42. The summed E-state index contributed by atoms with van der Waals surface area (Å²) in [4.78, 5) is 0. The van der Waals surface area contributed by atoms with Gasteiger partial charge in [0.05, 0.1) is 23.9 Å². The molecule has 5 aliphatic rings. The molecule has 4 aliphatic carbocycles. The zero-order valence-corrected chi connectivity index (χ0v) is 20.6. The number of hydrogen-bond acceptors (Lipinski definition) is 8. The summed E-state index contributed by atoms with van der Waals surface area (Å²) in [6, 6.07) is 0. The van der Waals surface area contributed by atoms with Gasteiger partial charge >= 0.3 is 0 Å². The molecule has 0 radical (unpaired) electrons. The molecule has 0 unspecified atom stereocenters. The molecule has 8 nitrogen and oxygen atoms in total. The maximum absolute atomic E-state index is 12.2. The Kier molecular flexibility index (Phi) is 5.87. The third-order valence-electron chi connectivity index (χ3n) is 10.8. The summed E-state index contributed by atoms with van der Waals surface area (Å²) in [7, 11) is 0. The second-order valence-electron chi connectivity index (χ2n) is 12.8. The molecule has 6 N–H and O–H groups in total. The van der Waals surface area contributed by atoms with Crippen molar-refractivity contribution in [1.82, 2.24) is 0 Å². The summed E-state index contributed by atoms with van der Waals surface area (Å²) in [6.07, 6.45) is -1.59. The quantitative estimate of drug-likeness (QED) is 0.326. The minimum absolute atomic E-state index is 0.0206. The Morgan fingerprint density at radius 2 is 1.71 bits per heavy atom. The zero-order valence-electron chi connectivity index (χ0n) is 20.6. The van der Waals surface area contributed by atoms with Gasteiger partial charge in [-0.25, -0.2) is 0 Å². The topological polar surface area (TPSA) is 140 Å².